The van der Waals surface area contributed by atoms with E-state index in [-0.39, 0.29) is 5.69 Å². The van der Waals surface area contributed by atoms with Crippen molar-refractivity contribution >= 4 is 5.69 Å². The zero-order chi connectivity index (χ0) is 12.3. The molecule has 1 aromatic carbocycles. The van der Waals surface area contributed by atoms with Gasteiger partial charge in [0.15, 0.2) is 0 Å². The molecule has 17 heavy (non-hydrogen) atoms. The lowest BCUT2D eigenvalue weighted by molar-refractivity contribution is 0.299. The number of nitrogens with two attached hydrogens (primary N) is 1. The second kappa shape index (κ2) is 4.82. The van der Waals surface area contributed by atoms with E-state index in [0.717, 1.165) is 11.4 Å². The van der Waals surface area contributed by atoms with E-state index in [0.29, 0.717) is 12.4 Å². The molecule has 0 saturated carbocycles. The number of aryl methyl sites for hydroxylation is 1. The molecule has 0 saturated heterocycles. The molecule has 0 radical (unpaired) electrons. The molecular formula is C13H13FN2O. The molecule has 0 aliphatic carbocycles. The molecule has 2 aromatic rings. The lowest BCUT2D eigenvalue weighted by atomic mass is 10.3. The minimum atomic E-state index is -0.472. The number of aromatic nitrogens is 1. The van der Waals surface area contributed by atoms with E-state index in [2.05, 4.69) is 4.98 Å². The fourth-order valence-corrected chi connectivity index (χ4v) is 1.43. The van der Waals surface area contributed by atoms with Crippen LogP contribution < -0.4 is 10.5 Å². The summed E-state index contributed by atoms with van der Waals surface area (Å²) in [4.78, 5) is 4.28. The molecule has 2 rings (SSSR count). The smallest absolute Gasteiger partial charge is 0.149 e. The molecule has 0 aliphatic heterocycles. The van der Waals surface area contributed by atoms with Crippen LogP contribution in [0.1, 0.15) is 11.4 Å². The third-order valence-corrected chi connectivity index (χ3v) is 2.30. The molecule has 4 heteroatoms. The SMILES string of the molecule is Cc1cccc(COc2ccc(N)c(F)c2)n1. The minimum absolute atomic E-state index is 0.117. The quantitative estimate of drug-likeness (QED) is 0.828. The van der Waals surface area contributed by atoms with Gasteiger partial charge in [-0.1, -0.05) is 6.07 Å². The highest BCUT2D eigenvalue weighted by atomic mass is 19.1. The fraction of sp³-hybridized carbons (Fsp3) is 0.154. The van der Waals surface area contributed by atoms with Gasteiger partial charge in [0.25, 0.3) is 0 Å². The number of benzene rings is 1. The van der Waals surface area contributed by atoms with Crippen molar-refractivity contribution in [1.29, 1.82) is 0 Å². The van der Waals surface area contributed by atoms with Crippen LogP contribution in [-0.4, -0.2) is 4.98 Å². The fourth-order valence-electron chi connectivity index (χ4n) is 1.43. The average Bonchev–Trinajstić information content (AvgIpc) is 2.31. The summed E-state index contributed by atoms with van der Waals surface area (Å²) in [5.74, 6) is -0.0280. The summed E-state index contributed by atoms with van der Waals surface area (Å²) in [7, 11) is 0. The normalized spacial score (nSPS) is 10.2. The van der Waals surface area contributed by atoms with Crippen molar-refractivity contribution in [2.75, 3.05) is 5.73 Å². The third kappa shape index (κ3) is 2.93. The molecule has 0 atom stereocenters. The minimum Gasteiger partial charge on any atom is -0.487 e. The Labute approximate surface area is 99.1 Å². The van der Waals surface area contributed by atoms with Crippen LogP contribution in [0.4, 0.5) is 10.1 Å². The summed E-state index contributed by atoms with van der Waals surface area (Å²) in [5.41, 5.74) is 7.22. The molecule has 0 bridgehead atoms. The van der Waals surface area contributed by atoms with E-state index >= 15 is 0 Å². The number of nitrogen functional groups attached to an aromatic ring is 1. The molecule has 2 N–H and O–H groups in total. The lowest BCUT2D eigenvalue weighted by Crippen LogP contribution is -2.00. The Morgan fingerprint density at radius 1 is 1.29 bits per heavy atom. The number of nitrogens with zero attached hydrogens (tertiary/aromatic N) is 1. The first-order chi connectivity index (χ1) is 8.15. The standard InChI is InChI=1S/C13H13FN2O/c1-9-3-2-4-10(16-9)8-17-11-5-6-13(15)12(14)7-11/h2-7H,8,15H2,1H3. The summed E-state index contributed by atoms with van der Waals surface area (Å²) in [5, 5.41) is 0. The van der Waals surface area contributed by atoms with Gasteiger partial charge in [0.1, 0.15) is 18.2 Å². The summed E-state index contributed by atoms with van der Waals surface area (Å²) in [6, 6.07) is 10.1. The zero-order valence-electron chi connectivity index (χ0n) is 9.48. The van der Waals surface area contributed by atoms with Crippen LogP contribution in [0.5, 0.6) is 5.75 Å². The average molecular weight is 232 g/mol. The summed E-state index contributed by atoms with van der Waals surface area (Å²) in [6.45, 7) is 2.22. The third-order valence-electron chi connectivity index (χ3n) is 2.30. The molecule has 1 aromatic heterocycles. The van der Waals surface area contributed by atoms with E-state index in [1.165, 1.54) is 12.1 Å². The molecule has 88 valence electrons. The predicted molar refractivity (Wildman–Crippen MR) is 64.1 cm³/mol. The largest absolute Gasteiger partial charge is 0.487 e. The Morgan fingerprint density at radius 3 is 2.82 bits per heavy atom. The van der Waals surface area contributed by atoms with Crippen molar-refractivity contribution in [3.8, 4) is 5.75 Å². The van der Waals surface area contributed by atoms with Gasteiger partial charge in [0, 0.05) is 11.8 Å². The van der Waals surface area contributed by atoms with Crippen molar-refractivity contribution in [1.82, 2.24) is 4.98 Å². The van der Waals surface area contributed by atoms with Crippen LogP contribution >= 0.6 is 0 Å². The van der Waals surface area contributed by atoms with E-state index in [9.17, 15) is 4.39 Å². The van der Waals surface area contributed by atoms with E-state index in [1.807, 2.05) is 25.1 Å². The molecule has 0 unspecified atom stereocenters. The first-order valence-corrected chi connectivity index (χ1v) is 5.25. The van der Waals surface area contributed by atoms with Crippen molar-refractivity contribution in [2.24, 2.45) is 0 Å². The van der Waals surface area contributed by atoms with E-state index in [1.54, 1.807) is 6.07 Å². The van der Waals surface area contributed by atoms with Crippen molar-refractivity contribution in [2.45, 2.75) is 13.5 Å². The van der Waals surface area contributed by atoms with Crippen LogP contribution in [0.3, 0.4) is 0 Å². The van der Waals surface area contributed by atoms with Crippen LogP contribution in [0, 0.1) is 12.7 Å². The van der Waals surface area contributed by atoms with E-state index < -0.39 is 5.82 Å². The van der Waals surface area contributed by atoms with Crippen molar-refractivity contribution in [3.05, 3.63) is 53.6 Å². The highest BCUT2D eigenvalue weighted by molar-refractivity contribution is 5.43. The van der Waals surface area contributed by atoms with E-state index in [4.69, 9.17) is 10.5 Å². The number of pyridine rings is 1. The van der Waals surface area contributed by atoms with Gasteiger partial charge in [-0.15, -0.1) is 0 Å². The zero-order valence-corrected chi connectivity index (χ0v) is 9.48. The van der Waals surface area contributed by atoms with Gasteiger partial charge in [-0.3, -0.25) is 4.98 Å². The molecule has 3 nitrogen and oxygen atoms in total. The Bertz CT molecular complexity index is 529. The maximum absolute atomic E-state index is 13.1. The maximum Gasteiger partial charge on any atom is 0.149 e. The Hall–Kier alpha value is -2.10. The topological polar surface area (TPSA) is 48.1 Å². The summed E-state index contributed by atoms with van der Waals surface area (Å²) >= 11 is 0. The second-order valence-corrected chi connectivity index (χ2v) is 3.74. The van der Waals surface area contributed by atoms with Crippen LogP contribution in [0.15, 0.2) is 36.4 Å². The van der Waals surface area contributed by atoms with Gasteiger partial charge < -0.3 is 10.5 Å². The molecular weight excluding hydrogens is 219 g/mol. The monoisotopic (exact) mass is 232 g/mol. The summed E-state index contributed by atoms with van der Waals surface area (Å²) in [6.07, 6.45) is 0. The highest BCUT2D eigenvalue weighted by Gasteiger charge is 2.02. The molecule has 0 fully saturated rings. The van der Waals surface area contributed by atoms with Crippen LogP contribution in [0.25, 0.3) is 0 Å². The van der Waals surface area contributed by atoms with Gasteiger partial charge in [-0.05, 0) is 31.2 Å². The Balaban J connectivity index is 2.05. The Morgan fingerprint density at radius 2 is 2.12 bits per heavy atom. The van der Waals surface area contributed by atoms with Crippen LogP contribution in [-0.2, 0) is 6.61 Å². The molecule has 0 spiro atoms. The lowest BCUT2D eigenvalue weighted by Gasteiger charge is -2.07. The maximum atomic E-state index is 13.1. The first-order valence-electron chi connectivity index (χ1n) is 5.25. The number of rotatable bonds is 3. The highest BCUT2D eigenvalue weighted by Crippen LogP contribution is 2.18. The molecule has 1 heterocycles. The number of ether oxygens (including phenoxy) is 1. The number of halogens is 1. The second-order valence-electron chi connectivity index (χ2n) is 3.74. The first kappa shape index (κ1) is 11.4. The van der Waals surface area contributed by atoms with Gasteiger partial charge in [-0.2, -0.15) is 0 Å². The van der Waals surface area contributed by atoms with Gasteiger partial charge in [0.05, 0.1) is 11.4 Å². The van der Waals surface area contributed by atoms with Crippen LogP contribution in [0.2, 0.25) is 0 Å². The number of anilines is 1. The van der Waals surface area contributed by atoms with Gasteiger partial charge in [0.2, 0.25) is 0 Å². The van der Waals surface area contributed by atoms with Crippen molar-refractivity contribution in [3.63, 3.8) is 0 Å². The van der Waals surface area contributed by atoms with Crippen molar-refractivity contribution < 1.29 is 9.13 Å². The van der Waals surface area contributed by atoms with Gasteiger partial charge >= 0.3 is 0 Å². The summed E-state index contributed by atoms with van der Waals surface area (Å²) < 4.78 is 18.6. The number of hydrogen-bond donors (Lipinski definition) is 1. The Kier molecular flexibility index (Phi) is 3.23. The van der Waals surface area contributed by atoms with Gasteiger partial charge in [-0.25, -0.2) is 4.39 Å². The molecule has 0 aliphatic rings. The number of hydrogen-bond acceptors (Lipinski definition) is 3. The predicted octanol–water partition coefficient (Wildman–Crippen LogP) is 2.69. The molecule has 0 amide bonds.